The van der Waals surface area contributed by atoms with E-state index in [1.54, 1.807) is 0 Å². The van der Waals surface area contributed by atoms with Crippen LogP contribution in [0.25, 0.3) is 0 Å². The van der Waals surface area contributed by atoms with E-state index in [2.05, 4.69) is 22.9 Å². The van der Waals surface area contributed by atoms with Gasteiger partial charge in [-0.2, -0.15) is 0 Å². The number of hydrogen-bond donors (Lipinski definition) is 0. The van der Waals surface area contributed by atoms with Gasteiger partial charge < -0.3 is 9.47 Å². The Morgan fingerprint density at radius 2 is 1.75 bits per heavy atom. The lowest BCUT2D eigenvalue weighted by atomic mass is 10.1. The minimum atomic E-state index is 0.318. The standard InChI is InChI=1S/C9H17BrO2/c1-2-3-8-9(4-5-10)12-7-6-11-8/h8-9H,2-7H2,1H3/t8-,9+/m0/s1. The molecule has 0 unspecified atom stereocenters. The maximum absolute atomic E-state index is 5.64. The largest absolute Gasteiger partial charge is 0.373 e. The lowest BCUT2D eigenvalue weighted by molar-refractivity contribution is -0.142. The molecule has 1 fully saturated rings. The molecule has 0 radical (unpaired) electrons. The summed E-state index contributed by atoms with van der Waals surface area (Å²) < 4.78 is 11.3. The fraction of sp³-hybridized carbons (Fsp3) is 1.00. The second-order valence-electron chi connectivity index (χ2n) is 3.08. The van der Waals surface area contributed by atoms with Crippen molar-refractivity contribution in [2.24, 2.45) is 0 Å². The molecule has 2 atom stereocenters. The number of rotatable bonds is 4. The fourth-order valence-corrected chi connectivity index (χ4v) is 2.00. The molecule has 72 valence electrons. The Hall–Kier alpha value is 0.400. The molecule has 1 saturated heterocycles. The van der Waals surface area contributed by atoms with E-state index in [0.717, 1.165) is 31.4 Å². The average molecular weight is 237 g/mol. The van der Waals surface area contributed by atoms with E-state index in [0.29, 0.717) is 12.2 Å². The predicted molar refractivity (Wildman–Crippen MR) is 52.8 cm³/mol. The van der Waals surface area contributed by atoms with Crippen LogP contribution in [0.3, 0.4) is 0 Å². The van der Waals surface area contributed by atoms with Gasteiger partial charge in [-0.3, -0.25) is 0 Å². The molecule has 0 aromatic rings. The fourth-order valence-electron chi connectivity index (χ4n) is 1.54. The van der Waals surface area contributed by atoms with Crippen LogP contribution in [-0.4, -0.2) is 30.8 Å². The second kappa shape index (κ2) is 5.95. The van der Waals surface area contributed by atoms with Crippen molar-refractivity contribution in [1.82, 2.24) is 0 Å². The molecule has 1 rings (SSSR count). The molecular weight excluding hydrogens is 220 g/mol. The monoisotopic (exact) mass is 236 g/mol. The maximum atomic E-state index is 5.64. The molecule has 1 heterocycles. The van der Waals surface area contributed by atoms with Gasteiger partial charge in [0.05, 0.1) is 25.4 Å². The molecule has 0 aliphatic carbocycles. The van der Waals surface area contributed by atoms with Crippen LogP contribution < -0.4 is 0 Å². The van der Waals surface area contributed by atoms with Crippen LogP contribution >= 0.6 is 15.9 Å². The van der Waals surface area contributed by atoms with Crippen LogP contribution in [0.2, 0.25) is 0 Å². The molecule has 0 amide bonds. The third-order valence-corrected chi connectivity index (χ3v) is 2.59. The number of halogens is 1. The first kappa shape index (κ1) is 10.5. The zero-order valence-corrected chi connectivity index (χ0v) is 9.18. The summed E-state index contributed by atoms with van der Waals surface area (Å²) in [5.41, 5.74) is 0. The van der Waals surface area contributed by atoms with E-state index in [4.69, 9.17) is 9.47 Å². The molecule has 12 heavy (non-hydrogen) atoms. The van der Waals surface area contributed by atoms with Crippen molar-refractivity contribution >= 4 is 15.9 Å². The minimum absolute atomic E-state index is 0.318. The SMILES string of the molecule is CCC[C@@H]1OCCO[C@@H]1CCBr. The van der Waals surface area contributed by atoms with Crippen molar-refractivity contribution in [1.29, 1.82) is 0 Å². The van der Waals surface area contributed by atoms with E-state index >= 15 is 0 Å². The van der Waals surface area contributed by atoms with Gasteiger partial charge in [0, 0.05) is 5.33 Å². The highest BCUT2D eigenvalue weighted by molar-refractivity contribution is 9.09. The number of hydrogen-bond acceptors (Lipinski definition) is 2. The highest BCUT2D eigenvalue weighted by Gasteiger charge is 2.24. The quantitative estimate of drug-likeness (QED) is 0.699. The van der Waals surface area contributed by atoms with E-state index in [1.165, 1.54) is 6.42 Å². The van der Waals surface area contributed by atoms with Crippen LogP contribution in [-0.2, 0) is 9.47 Å². The summed E-state index contributed by atoms with van der Waals surface area (Å²) in [5, 5.41) is 1.00. The number of ether oxygens (including phenoxy) is 2. The van der Waals surface area contributed by atoms with Crippen LogP contribution in [0, 0.1) is 0 Å². The lowest BCUT2D eigenvalue weighted by Gasteiger charge is -2.31. The molecule has 3 heteroatoms. The summed E-state index contributed by atoms with van der Waals surface area (Å²) in [6.07, 6.45) is 4.01. The van der Waals surface area contributed by atoms with Gasteiger partial charge in [-0.1, -0.05) is 29.3 Å². The van der Waals surface area contributed by atoms with E-state index < -0.39 is 0 Å². The summed E-state index contributed by atoms with van der Waals surface area (Å²) in [7, 11) is 0. The molecule has 0 spiro atoms. The first-order chi connectivity index (χ1) is 5.88. The van der Waals surface area contributed by atoms with Gasteiger partial charge in [-0.15, -0.1) is 0 Å². The summed E-state index contributed by atoms with van der Waals surface area (Å²) in [6, 6.07) is 0. The van der Waals surface area contributed by atoms with Crippen LogP contribution in [0.5, 0.6) is 0 Å². The van der Waals surface area contributed by atoms with Crippen molar-refractivity contribution in [2.75, 3.05) is 18.5 Å². The Labute approximate surface area is 82.7 Å². The van der Waals surface area contributed by atoms with Crippen LogP contribution in [0.1, 0.15) is 26.2 Å². The van der Waals surface area contributed by atoms with Gasteiger partial charge in [-0.25, -0.2) is 0 Å². The molecule has 0 bridgehead atoms. The predicted octanol–water partition coefficient (Wildman–Crippen LogP) is 2.36. The summed E-state index contributed by atoms with van der Waals surface area (Å²) in [4.78, 5) is 0. The van der Waals surface area contributed by atoms with Crippen molar-refractivity contribution in [3.63, 3.8) is 0 Å². The highest BCUT2D eigenvalue weighted by Crippen LogP contribution is 2.18. The first-order valence-corrected chi connectivity index (χ1v) is 5.79. The van der Waals surface area contributed by atoms with Crippen molar-refractivity contribution in [3.05, 3.63) is 0 Å². The Kier molecular flexibility index (Phi) is 5.19. The Balaban J connectivity index is 2.31. The number of alkyl halides is 1. The van der Waals surface area contributed by atoms with E-state index in [1.807, 2.05) is 0 Å². The molecule has 1 aliphatic heterocycles. The van der Waals surface area contributed by atoms with Gasteiger partial charge in [-0.05, 0) is 12.8 Å². The normalized spacial score (nSPS) is 30.5. The molecule has 0 aromatic carbocycles. The zero-order chi connectivity index (χ0) is 8.81. The minimum Gasteiger partial charge on any atom is -0.373 e. The van der Waals surface area contributed by atoms with Gasteiger partial charge in [0.1, 0.15) is 0 Å². The van der Waals surface area contributed by atoms with Crippen LogP contribution in [0.15, 0.2) is 0 Å². The Bertz CT molecular complexity index is 101. The van der Waals surface area contributed by atoms with E-state index in [9.17, 15) is 0 Å². The van der Waals surface area contributed by atoms with Gasteiger partial charge in [0.15, 0.2) is 0 Å². The molecular formula is C9H17BrO2. The highest BCUT2D eigenvalue weighted by atomic mass is 79.9. The van der Waals surface area contributed by atoms with Gasteiger partial charge in [0.25, 0.3) is 0 Å². The molecule has 0 saturated carbocycles. The third kappa shape index (κ3) is 3.04. The topological polar surface area (TPSA) is 18.5 Å². The first-order valence-electron chi connectivity index (χ1n) is 4.67. The smallest absolute Gasteiger partial charge is 0.0845 e. The molecule has 0 aromatic heterocycles. The van der Waals surface area contributed by atoms with Crippen molar-refractivity contribution < 1.29 is 9.47 Å². The third-order valence-electron chi connectivity index (χ3n) is 2.13. The summed E-state index contributed by atoms with van der Waals surface area (Å²) in [6.45, 7) is 3.71. The molecule has 1 aliphatic rings. The van der Waals surface area contributed by atoms with Crippen LogP contribution in [0.4, 0.5) is 0 Å². The van der Waals surface area contributed by atoms with E-state index in [-0.39, 0.29) is 0 Å². The zero-order valence-electron chi connectivity index (χ0n) is 7.59. The Morgan fingerprint density at radius 1 is 1.17 bits per heavy atom. The van der Waals surface area contributed by atoms with Crippen molar-refractivity contribution in [2.45, 2.75) is 38.4 Å². The van der Waals surface area contributed by atoms with Crippen molar-refractivity contribution in [3.8, 4) is 0 Å². The molecule has 0 N–H and O–H groups in total. The summed E-state index contributed by atoms with van der Waals surface area (Å²) in [5.74, 6) is 0. The molecule has 2 nitrogen and oxygen atoms in total. The Morgan fingerprint density at radius 3 is 2.25 bits per heavy atom. The summed E-state index contributed by atoms with van der Waals surface area (Å²) >= 11 is 3.43. The lowest BCUT2D eigenvalue weighted by Crippen LogP contribution is -2.38. The maximum Gasteiger partial charge on any atom is 0.0845 e. The average Bonchev–Trinajstić information content (AvgIpc) is 2.09. The second-order valence-corrected chi connectivity index (χ2v) is 3.88. The van der Waals surface area contributed by atoms with Gasteiger partial charge in [0.2, 0.25) is 0 Å². The van der Waals surface area contributed by atoms with Gasteiger partial charge >= 0.3 is 0 Å².